The Hall–Kier alpha value is -0.580. The lowest BCUT2D eigenvalue weighted by molar-refractivity contribution is 0.0937. The summed E-state index contributed by atoms with van der Waals surface area (Å²) in [6, 6.07) is 2.04. The number of rotatable bonds is 5. The van der Waals surface area contributed by atoms with Crippen molar-refractivity contribution in [3.63, 3.8) is 0 Å². The number of hydrogen-bond acceptors (Lipinski definition) is 3. The van der Waals surface area contributed by atoms with E-state index in [4.69, 9.17) is 5.73 Å². The average molecular weight is 277 g/mol. The maximum absolute atomic E-state index is 11.9. The van der Waals surface area contributed by atoms with Crippen LogP contribution in [0.4, 0.5) is 0 Å². The average Bonchev–Trinajstić information content (AvgIpc) is 2.62. The highest BCUT2D eigenvalue weighted by Crippen LogP contribution is 2.15. The number of halogens is 1. The Morgan fingerprint density at radius 3 is 2.59 bits per heavy atom. The van der Waals surface area contributed by atoms with Gasteiger partial charge in [-0.05, 0) is 36.3 Å². The molecule has 1 aromatic heterocycles. The third-order valence-corrected chi connectivity index (χ3v) is 3.46. The fraction of sp³-hybridized carbons (Fsp3) is 0.583. The summed E-state index contributed by atoms with van der Waals surface area (Å²) < 4.78 is 0. The van der Waals surface area contributed by atoms with Crippen LogP contribution in [0.3, 0.4) is 0 Å². The van der Waals surface area contributed by atoms with Gasteiger partial charge >= 0.3 is 0 Å². The topological polar surface area (TPSA) is 55.1 Å². The minimum atomic E-state index is 0. The van der Waals surface area contributed by atoms with E-state index >= 15 is 0 Å². The lowest BCUT2D eigenvalue weighted by Gasteiger charge is -2.18. The fourth-order valence-electron chi connectivity index (χ4n) is 1.64. The summed E-state index contributed by atoms with van der Waals surface area (Å²) in [5.74, 6) is 0.543. The molecule has 0 spiro atoms. The van der Waals surface area contributed by atoms with Gasteiger partial charge < -0.3 is 11.1 Å². The van der Waals surface area contributed by atoms with Gasteiger partial charge in [0.05, 0.1) is 4.88 Å². The Morgan fingerprint density at radius 2 is 2.18 bits per heavy atom. The molecule has 0 saturated carbocycles. The largest absolute Gasteiger partial charge is 0.347 e. The first-order valence-corrected chi connectivity index (χ1v) is 6.47. The van der Waals surface area contributed by atoms with Crippen molar-refractivity contribution in [3.8, 4) is 0 Å². The van der Waals surface area contributed by atoms with E-state index in [0.717, 1.165) is 16.9 Å². The summed E-state index contributed by atoms with van der Waals surface area (Å²) in [4.78, 5) is 12.7. The van der Waals surface area contributed by atoms with Crippen LogP contribution in [0.15, 0.2) is 11.4 Å². The summed E-state index contributed by atoms with van der Waals surface area (Å²) in [7, 11) is 0. The van der Waals surface area contributed by atoms with Gasteiger partial charge in [-0.3, -0.25) is 4.79 Å². The van der Waals surface area contributed by atoms with Gasteiger partial charge in [0.15, 0.2) is 0 Å². The number of hydrogen-bond donors (Lipinski definition) is 2. The summed E-state index contributed by atoms with van der Waals surface area (Å²) in [5.41, 5.74) is 6.68. The van der Waals surface area contributed by atoms with E-state index in [-0.39, 0.29) is 24.4 Å². The third kappa shape index (κ3) is 5.06. The number of amides is 1. The van der Waals surface area contributed by atoms with Gasteiger partial charge in [-0.15, -0.1) is 23.7 Å². The normalized spacial score (nSPS) is 12.1. The molecule has 98 valence electrons. The zero-order valence-corrected chi connectivity index (χ0v) is 12.2. The Balaban J connectivity index is 0.00000256. The molecule has 17 heavy (non-hydrogen) atoms. The summed E-state index contributed by atoms with van der Waals surface area (Å²) in [6.07, 6.45) is 0.923. The Morgan fingerprint density at radius 1 is 1.53 bits per heavy atom. The van der Waals surface area contributed by atoms with Crippen molar-refractivity contribution in [2.75, 3.05) is 6.54 Å². The lowest BCUT2D eigenvalue weighted by atomic mass is 10.0. The Bertz CT molecular complexity index is 352. The summed E-state index contributed by atoms with van der Waals surface area (Å²) in [6.45, 7) is 6.70. The molecule has 1 unspecified atom stereocenters. The second-order valence-corrected chi connectivity index (χ2v) is 5.38. The van der Waals surface area contributed by atoms with Crippen molar-refractivity contribution in [1.82, 2.24) is 5.32 Å². The Labute approximate surface area is 113 Å². The molecule has 0 bridgehead atoms. The zero-order valence-electron chi connectivity index (χ0n) is 10.5. The van der Waals surface area contributed by atoms with Crippen molar-refractivity contribution < 1.29 is 4.79 Å². The first kappa shape index (κ1) is 16.4. The first-order valence-electron chi connectivity index (χ1n) is 5.59. The molecule has 1 rings (SSSR count). The van der Waals surface area contributed by atoms with E-state index < -0.39 is 0 Å². The lowest BCUT2D eigenvalue weighted by Crippen LogP contribution is -2.40. The van der Waals surface area contributed by atoms with Crippen molar-refractivity contribution in [3.05, 3.63) is 21.9 Å². The molecule has 0 aliphatic rings. The van der Waals surface area contributed by atoms with Crippen LogP contribution in [-0.4, -0.2) is 18.5 Å². The van der Waals surface area contributed by atoms with Gasteiger partial charge in [0.2, 0.25) is 0 Å². The SMILES string of the molecule is Cc1ccsc1C(=O)NC(CN)CC(C)C.Cl. The smallest absolute Gasteiger partial charge is 0.261 e. The van der Waals surface area contributed by atoms with Crippen LogP contribution in [0, 0.1) is 12.8 Å². The molecule has 3 N–H and O–H groups in total. The predicted octanol–water partition coefficient (Wildman–Crippen LogP) is 2.58. The molecule has 0 saturated heterocycles. The van der Waals surface area contributed by atoms with Gasteiger partial charge in [0.1, 0.15) is 0 Å². The van der Waals surface area contributed by atoms with Crippen LogP contribution >= 0.6 is 23.7 Å². The van der Waals surface area contributed by atoms with Crippen LogP contribution < -0.4 is 11.1 Å². The predicted molar refractivity (Wildman–Crippen MR) is 76.1 cm³/mol. The molecule has 1 atom stereocenters. The molecule has 0 radical (unpaired) electrons. The van der Waals surface area contributed by atoms with E-state index in [1.807, 2.05) is 18.4 Å². The number of carbonyl (C=O) groups is 1. The maximum Gasteiger partial charge on any atom is 0.261 e. The highest BCUT2D eigenvalue weighted by molar-refractivity contribution is 7.12. The van der Waals surface area contributed by atoms with Crippen LogP contribution in [0.25, 0.3) is 0 Å². The minimum Gasteiger partial charge on any atom is -0.347 e. The summed E-state index contributed by atoms with van der Waals surface area (Å²) in [5, 5.41) is 4.92. The van der Waals surface area contributed by atoms with E-state index in [9.17, 15) is 4.79 Å². The maximum atomic E-state index is 11.9. The molecule has 0 fully saturated rings. The third-order valence-electron chi connectivity index (χ3n) is 2.44. The van der Waals surface area contributed by atoms with E-state index in [0.29, 0.717) is 12.5 Å². The standard InChI is InChI=1S/C12H20N2OS.ClH/c1-8(2)6-10(7-13)14-12(15)11-9(3)4-5-16-11;/h4-5,8,10H,6-7,13H2,1-3H3,(H,14,15);1H. The van der Waals surface area contributed by atoms with Gasteiger partial charge in [0.25, 0.3) is 5.91 Å². The van der Waals surface area contributed by atoms with Crippen molar-refractivity contribution in [2.24, 2.45) is 11.7 Å². The van der Waals surface area contributed by atoms with Crippen molar-refractivity contribution in [2.45, 2.75) is 33.2 Å². The monoisotopic (exact) mass is 276 g/mol. The molecular weight excluding hydrogens is 256 g/mol. The van der Waals surface area contributed by atoms with E-state index in [1.165, 1.54) is 11.3 Å². The van der Waals surface area contributed by atoms with Crippen molar-refractivity contribution >= 4 is 29.7 Å². The molecule has 5 heteroatoms. The number of nitrogens with one attached hydrogen (secondary N) is 1. The van der Waals surface area contributed by atoms with Crippen LogP contribution in [0.1, 0.15) is 35.5 Å². The molecule has 0 aromatic carbocycles. The zero-order chi connectivity index (χ0) is 12.1. The van der Waals surface area contributed by atoms with Gasteiger partial charge in [-0.1, -0.05) is 13.8 Å². The first-order chi connectivity index (χ1) is 7.54. The molecule has 3 nitrogen and oxygen atoms in total. The number of thiophene rings is 1. The highest BCUT2D eigenvalue weighted by Gasteiger charge is 2.15. The number of aryl methyl sites for hydroxylation is 1. The van der Waals surface area contributed by atoms with Gasteiger partial charge in [-0.2, -0.15) is 0 Å². The second kappa shape index (κ2) is 7.69. The molecule has 1 aromatic rings. The Kier molecular flexibility index (Phi) is 7.43. The molecule has 1 amide bonds. The second-order valence-electron chi connectivity index (χ2n) is 4.47. The fourth-order valence-corrected chi connectivity index (χ4v) is 2.47. The number of carbonyl (C=O) groups excluding carboxylic acids is 1. The van der Waals surface area contributed by atoms with Gasteiger partial charge in [-0.25, -0.2) is 0 Å². The van der Waals surface area contributed by atoms with Crippen LogP contribution in [0.5, 0.6) is 0 Å². The molecular formula is C12H21ClN2OS. The van der Waals surface area contributed by atoms with Crippen LogP contribution in [0.2, 0.25) is 0 Å². The van der Waals surface area contributed by atoms with Crippen LogP contribution in [-0.2, 0) is 0 Å². The number of nitrogens with two attached hydrogens (primary N) is 1. The van der Waals surface area contributed by atoms with Crippen molar-refractivity contribution in [1.29, 1.82) is 0 Å². The molecule has 0 aliphatic heterocycles. The van der Waals surface area contributed by atoms with E-state index in [2.05, 4.69) is 19.2 Å². The molecule has 0 aliphatic carbocycles. The molecule has 1 heterocycles. The quantitative estimate of drug-likeness (QED) is 0.868. The minimum absolute atomic E-state index is 0. The van der Waals surface area contributed by atoms with E-state index in [1.54, 1.807) is 0 Å². The highest BCUT2D eigenvalue weighted by atomic mass is 35.5. The summed E-state index contributed by atoms with van der Waals surface area (Å²) >= 11 is 1.48. The van der Waals surface area contributed by atoms with Gasteiger partial charge in [0, 0.05) is 12.6 Å².